The van der Waals surface area contributed by atoms with Crippen LogP contribution >= 0.6 is 15.9 Å². The number of nitro benzene ring substituents is 1. The molecule has 1 aromatic rings. The summed E-state index contributed by atoms with van der Waals surface area (Å²) < 4.78 is 5.86. The maximum atomic E-state index is 11.5. The molecule has 0 radical (unpaired) electrons. The molecule has 18 heavy (non-hydrogen) atoms. The number of rotatable bonds is 5. The molecule has 6 heteroatoms. The molecule has 0 fully saturated rings. The van der Waals surface area contributed by atoms with Crippen LogP contribution in [0.25, 0.3) is 0 Å². The summed E-state index contributed by atoms with van der Waals surface area (Å²) in [6.45, 7) is 6.55. The zero-order chi connectivity index (χ0) is 13.9. The minimum atomic E-state index is -0.581. The summed E-state index contributed by atoms with van der Waals surface area (Å²) in [6.07, 6.45) is 1.07. The first-order valence-electron chi connectivity index (χ1n) is 5.15. The van der Waals surface area contributed by atoms with Gasteiger partial charge in [0.15, 0.2) is 5.78 Å². The summed E-state index contributed by atoms with van der Waals surface area (Å²) in [6, 6.07) is 2.80. The third kappa shape index (κ3) is 3.16. The molecule has 0 amide bonds. The number of hydrogen-bond donors (Lipinski definition) is 0. The molecule has 0 saturated carbocycles. The van der Waals surface area contributed by atoms with E-state index in [2.05, 4.69) is 22.5 Å². The van der Waals surface area contributed by atoms with E-state index in [-0.39, 0.29) is 22.8 Å². The van der Waals surface area contributed by atoms with Crippen molar-refractivity contribution in [2.75, 3.05) is 0 Å². The van der Waals surface area contributed by atoms with Crippen molar-refractivity contribution in [3.63, 3.8) is 0 Å². The van der Waals surface area contributed by atoms with Crippen LogP contribution in [0.15, 0.2) is 29.3 Å². The second-order valence-electron chi connectivity index (χ2n) is 3.67. The Morgan fingerprint density at radius 2 is 2.22 bits per heavy atom. The van der Waals surface area contributed by atoms with Crippen molar-refractivity contribution < 1.29 is 14.5 Å². The van der Waals surface area contributed by atoms with E-state index in [9.17, 15) is 14.9 Å². The summed E-state index contributed by atoms with van der Waals surface area (Å²) in [5.74, 6) is -0.325. The zero-order valence-corrected chi connectivity index (χ0v) is 11.6. The molecular weight excluding hydrogens is 302 g/mol. The van der Waals surface area contributed by atoms with Gasteiger partial charge in [-0.2, -0.15) is 0 Å². The number of hydrogen-bond acceptors (Lipinski definition) is 4. The largest absolute Gasteiger partial charge is 0.479 e. The number of ketones is 1. The van der Waals surface area contributed by atoms with Gasteiger partial charge in [-0.15, -0.1) is 0 Å². The minimum Gasteiger partial charge on any atom is -0.479 e. The first-order chi connectivity index (χ1) is 8.36. The average Bonchev–Trinajstić information content (AvgIpc) is 2.29. The Morgan fingerprint density at radius 3 is 2.67 bits per heavy atom. The van der Waals surface area contributed by atoms with E-state index in [1.165, 1.54) is 25.1 Å². The van der Waals surface area contributed by atoms with Gasteiger partial charge in [0.1, 0.15) is 6.10 Å². The van der Waals surface area contributed by atoms with E-state index in [1.807, 2.05) is 0 Å². The molecular formula is C12H12BrNO4. The molecule has 1 unspecified atom stereocenters. The molecule has 1 rings (SSSR count). The van der Waals surface area contributed by atoms with E-state index >= 15 is 0 Å². The van der Waals surface area contributed by atoms with E-state index in [1.54, 1.807) is 6.92 Å². The number of nitro groups is 1. The average molecular weight is 314 g/mol. The Morgan fingerprint density at radius 1 is 1.61 bits per heavy atom. The molecule has 0 saturated heterocycles. The fourth-order valence-corrected chi connectivity index (χ4v) is 1.78. The van der Waals surface area contributed by atoms with Crippen molar-refractivity contribution in [2.45, 2.75) is 20.0 Å². The van der Waals surface area contributed by atoms with Gasteiger partial charge in [0.05, 0.1) is 10.5 Å². The lowest BCUT2D eigenvalue weighted by Crippen LogP contribution is -2.12. The van der Waals surface area contributed by atoms with E-state index < -0.39 is 11.0 Å². The van der Waals surface area contributed by atoms with Gasteiger partial charge in [-0.1, -0.05) is 28.6 Å². The Balaban J connectivity index is 3.45. The van der Waals surface area contributed by atoms with Crippen molar-refractivity contribution in [3.05, 3.63) is 44.9 Å². The van der Waals surface area contributed by atoms with Crippen molar-refractivity contribution in [1.82, 2.24) is 0 Å². The van der Waals surface area contributed by atoms with E-state index in [4.69, 9.17) is 4.74 Å². The highest BCUT2D eigenvalue weighted by Crippen LogP contribution is 2.35. The quantitative estimate of drug-likeness (QED) is 0.361. The first-order valence-corrected chi connectivity index (χ1v) is 5.94. The molecule has 0 bridgehead atoms. The van der Waals surface area contributed by atoms with Crippen LogP contribution in [0.4, 0.5) is 5.69 Å². The van der Waals surface area contributed by atoms with Crippen LogP contribution in [0.5, 0.6) is 5.75 Å². The molecule has 0 aliphatic rings. The lowest BCUT2D eigenvalue weighted by atomic mass is 10.1. The lowest BCUT2D eigenvalue weighted by molar-refractivity contribution is -0.386. The number of nitrogens with zero attached hydrogens (tertiary/aromatic N) is 1. The third-order valence-electron chi connectivity index (χ3n) is 2.25. The van der Waals surface area contributed by atoms with Gasteiger partial charge < -0.3 is 4.74 Å². The van der Waals surface area contributed by atoms with Crippen molar-refractivity contribution in [2.24, 2.45) is 0 Å². The molecule has 0 heterocycles. The molecule has 96 valence electrons. The Hall–Kier alpha value is -1.69. The van der Waals surface area contributed by atoms with Gasteiger partial charge >= 0.3 is 5.69 Å². The highest BCUT2D eigenvalue weighted by Gasteiger charge is 2.24. The van der Waals surface area contributed by atoms with Crippen LogP contribution in [-0.2, 0) is 0 Å². The number of Topliss-reactive ketones (excluding diaryl/α,β-unsaturated/α-hetero) is 1. The fourth-order valence-electron chi connectivity index (χ4n) is 1.33. The maximum absolute atomic E-state index is 11.5. The maximum Gasteiger partial charge on any atom is 0.312 e. The molecule has 0 N–H and O–H groups in total. The molecule has 1 aromatic carbocycles. The predicted molar refractivity (Wildman–Crippen MR) is 71.1 cm³/mol. The van der Waals surface area contributed by atoms with Gasteiger partial charge in [-0.05, 0) is 19.9 Å². The SMILES string of the molecule is C=CC(C)Oc1c(C(C)=O)cc(Br)cc1[N+](=O)[O-]. The molecule has 0 aliphatic carbocycles. The van der Waals surface area contributed by atoms with E-state index in [0.29, 0.717) is 4.47 Å². The zero-order valence-electron chi connectivity index (χ0n) is 9.97. The smallest absolute Gasteiger partial charge is 0.312 e. The summed E-state index contributed by atoms with van der Waals surface area (Å²) in [5.41, 5.74) is -0.0759. The molecule has 5 nitrogen and oxygen atoms in total. The first kappa shape index (κ1) is 14.4. The standard InChI is InChI=1S/C12H12BrNO4/c1-4-7(2)18-12-10(8(3)15)5-9(13)6-11(12)14(16)17/h4-7H,1H2,2-3H3. The second kappa shape index (κ2) is 5.77. The van der Waals surface area contributed by atoms with Gasteiger partial charge in [0, 0.05) is 10.5 Å². The van der Waals surface area contributed by atoms with Crippen LogP contribution in [-0.4, -0.2) is 16.8 Å². The van der Waals surface area contributed by atoms with E-state index in [0.717, 1.165) is 0 Å². The van der Waals surface area contributed by atoms with Crippen molar-refractivity contribution in [3.8, 4) is 5.75 Å². The minimum absolute atomic E-state index is 0.0249. The Bertz CT molecular complexity index is 478. The highest BCUT2D eigenvalue weighted by atomic mass is 79.9. The molecule has 1 atom stereocenters. The Labute approximate surface area is 113 Å². The normalized spacial score (nSPS) is 11.7. The highest BCUT2D eigenvalue weighted by molar-refractivity contribution is 9.10. The number of halogens is 1. The van der Waals surface area contributed by atoms with Crippen LogP contribution < -0.4 is 4.74 Å². The summed E-state index contributed by atoms with van der Waals surface area (Å²) in [4.78, 5) is 21.9. The Kier molecular flexibility index (Phi) is 4.61. The van der Waals surface area contributed by atoms with Gasteiger partial charge in [0.2, 0.25) is 5.75 Å². The number of ether oxygens (including phenoxy) is 1. The van der Waals surface area contributed by atoms with Gasteiger partial charge in [-0.25, -0.2) is 0 Å². The fraction of sp³-hybridized carbons (Fsp3) is 0.250. The molecule has 0 aromatic heterocycles. The van der Waals surface area contributed by atoms with Crippen molar-refractivity contribution >= 4 is 27.4 Å². The van der Waals surface area contributed by atoms with Crippen molar-refractivity contribution in [1.29, 1.82) is 0 Å². The van der Waals surface area contributed by atoms with Gasteiger partial charge in [-0.3, -0.25) is 14.9 Å². The van der Waals surface area contributed by atoms with Crippen LogP contribution in [0, 0.1) is 10.1 Å². The molecule has 0 spiro atoms. The summed E-state index contributed by atoms with van der Waals surface area (Å²) >= 11 is 3.13. The third-order valence-corrected chi connectivity index (χ3v) is 2.70. The topological polar surface area (TPSA) is 69.4 Å². The number of carbonyl (C=O) groups is 1. The monoisotopic (exact) mass is 313 g/mol. The molecule has 0 aliphatic heterocycles. The second-order valence-corrected chi connectivity index (χ2v) is 4.59. The summed E-state index contributed by atoms with van der Waals surface area (Å²) in [7, 11) is 0. The van der Waals surface area contributed by atoms with Crippen LogP contribution in [0.3, 0.4) is 0 Å². The van der Waals surface area contributed by atoms with Crippen LogP contribution in [0.1, 0.15) is 24.2 Å². The number of benzene rings is 1. The lowest BCUT2D eigenvalue weighted by Gasteiger charge is -2.13. The number of carbonyl (C=O) groups excluding carboxylic acids is 1. The summed E-state index contributed by atoms with van der Waals surface area (Å²) in [5, 5.41) is 11.0. The predicted octanol–water partition coefficient (Wildman–Crippen LogP) is 3.51. The van der Waals surface area contributed by atoms with Gasteiger partial charge in [0.25, 0.3) is 0 Å². The van der Waals surface area contributed by atoms with Crippen LogP contribution in [0.2, 0.25) is 0 Å².